The minimum absolute atomic E-state index is 0.136. The van der Waals surface area contributed by atoms with Crippen LogP contribution in [0, 0.1) is 12.3 Å². The van der Waals surface area contributed by atoms with Crippen molar-refractivity contribution in [1.82, 2.24) is 15.5 Å². The predicted octanol–water partition coefficient (Wildman–Crippen LogP) is 3.98. The van der Waals surface area contributed by atoms with Gasteiger partial charge in [0.05, 0.1) is 0 Å². The summed E-state index contributed by atoms with van der Waals surface area (Å²) >= 11 is 3.47. The number of benzene rings is 1. The fraction of sp³-hybridized carbons (Fsp3) is 0.500. The highest BCUT2D eigenvalue weighted by atomic mass is 79.9. The Morgan fingerprint density at radius 2 is 2.05 bits per heavy atom. The summed E-state index contributed by atoms with van der Waals surface area (Å²) in [5, 5.41) is 7.44. The third-order valence-electron chi connectivity index (χ3n) is 3.67. The van der Waals surface area contributed by atoms with Gasteiger partial charge in [0.25, 0.3) is 0 Å². The van der Waals surface area contributed by atoms with E-state index in [1.807, 2.05) is 26.1 Å². The van der Waals surface area contributed by atoms with E-state index in [0.717, 1.165) is 22.0 Å². The molecule has 0 aliphatic carbocycles. The molecule has 2 aromatic rings. The average molecular weight is 352 g/mol. The maximum absolute atomic E-state index is 5.42. The number of likely N-dealkylation sites (N-methyl/N-ethyl adjacent to an activating group) is 1. The molecular formula is C16H22BrN3O. The van der Waals surface area contributed by atoms with Crippen LogP contribution in [-0.2, 0) is 6.42 Å². The molecule has 0 fully saturated rings. The van der Waals surface area contributed by atoms with Gasteiger partial charge in [0.2, 0.25) is 11.7 Å². The first-order valence-electron chi connectivity index (χ1n) is 7.07. The highest BCUT2D eigenvalue weighted by Crippen LogP contribution is 2.26. The molecule has 0 amide bonds. The van der Waals surface area contributed by atoms with E-state index in [-0.39, 0.29) is 11.5 Å². The molecule has 1 N–H and O–H groups in total. The topological polar surface area (TPSA) is 51.0 Å². The van der Waals surface area contributed by atoms with Gasteiger partial charge in [0, 0.05) is 22.5 Å². The van der Waals surface area contributed by atoms with Crippen molar-refractivity contribution >= 4 is 15.9 Å². The summed E-state index contributed by atoms with van der Waals surface area (Å²) in [6.07, 6.45) is 0.725. The van der Waals surface area contributed by atoms with Crippen LogP contribution in [-0.4, -0.2) is 23.2 Å². The van der Waals surface area contributed by atoms with Gasteiger partial charge in [-0.25, -0.2) is 0 Å². The van der Waals surface area contributed by atoms with Crippen LogP contribution in [0.15, 0.2) is 27.2 Å². The smallest absolute Gasteiger partial charge is 0.228 e. The van der Waals surface area contributed by atoms with Crippen LogP contribution >= 0.6 is 15.9 Å². The first-order chi connectivity index (χ1) is 9.81. The largest absolute Gasteiger partial charge is 0.339 e. The summed E-state index contributed by atoms with van der Waals surface area (Å²) in [6.45, 7) is 8.64. The minimum atomic E-state index is 0.136. The molecule has 0 bridgehead atoms. The fourth-order valence-corrected chi connectivity index (χ4v) is 2.82. The number of halogens is 1. The van der Waals surface area contributed by atoms with Gasteiger partial charge in [-0.2, -0.15) is 4.98 Å². The quantitative estimate of drug-likeness (QED) is 0.904. The standard InChI is InChI=1S/C16H22BrN3O/c1-10-8-11(17)6-7-12(10)15-19-14(21-20-15)9-13(18-5)16(2,3)4/h6-8,13,18H,9H2,1-5H3. The van der Waals surface area contributed by atoms with Crippen LogP contribution in [0.2, 0.25) is 0 Å². The van der Waals surface area contributed by atoms with Crippen LogP contribution in [0.4, 0.5) is 0 Å². The molecule has 1 atom stereocenters. The predicted molar refractivity (Wildman–Crippen MR) is 88.2 cm³/mol. The molecule has 0 spiro atoms. The molecule has 21 heavy (non-hydrogen) atoms. The fourth-order valence-electron chi connectivity index (χ4n) is 2.34. The lowest BCUT2D eigenvalue weighted by atomic mass is 9.85. The van der Waals surface area contributed by atoms with Crippen molar-refractivity contribution in [2.45, 2.75) is 40.2 Å². The monoisotopic (exact) mass is 351 g/mol. The Balaban J connectivity index is 2.22. The summed E-state index contributed by atoms with van der Waals surface area (Å²) in [5.41, 5.74) is 2.26. The normalized spacial score (nSPS) is 13.4. The highest BCUT2D eigenvalue weighted by molar-refractivity contribution is 9.10. The van der Waals surface area contributed by atoms with Crippen molar-refractivity contribution in [3.63, 3.8) is 0 Å². The van der Waals surface area contributed by atoms with E-state index in [9.17, 15) is 0 Å². The lowest BCUT2D eigenvalue weighted by molar-refractivity contribution is 0.255. The van der Waals surface area contributed by atoms with E-state index < -0.39 is 0 Å². The van der Waals surface area contributed by atoms with Gasteiger partial charge in [-0.15, -0.1) is 0 Å². The van der Waals surface area contributed by atoms with Gasteiger partial charge >= 0.3 is 0 Å². The Morgan fingerprint density at radius 1 is 1.33 bits per heavy atom. The third kappa shape index (κ3) is 3.92. The van der Waals surface area contributed by atoms with Crippen LogP contribution in [0.1, 0.15) is 32.2 Å². The zero-order chi connectivity index (χ0) is 15.6. The molecule has 0 radical (unpaired) electrons. The van der Waals surface area contributed by atoms with Crippen molar-refractivity contribution in [2.24, 2.45) is 5.41 Å². The number of aromatic nitrogens is 2. The Morgan fingerprint density at radius 3 is 2.62 bits per heavy atom. The molecule has 1 aromatic carbocycles. The molecule has 5 heteroatoms. The van der Waals surface area contributed by atoms with Gasteiger partial charge in [-0.3, -0.25) is 0 Å². The zero-order valence-corrected chi connectivity index (χ0v) is 14.8. The molecule has 0 saturated carbocycles. The Labute approximate surface area is 134 Å². The SMILES string of the molecule is CNC(Cc1nc(-c2ccc(Br)cc2C)no1)C(C)(C)C. The molecule has 4 nitrogen and oxygen atoms in total. The van der Waals surface area contributed by atoms with Gasteiger partial charge in [-0.1, -0.05) is 41.9 Å². The second kappa shape index (κ2) is 6.28. The van der Waals surface area contributed by atoms with Gasteiger partial charge < -0.3 is 9.84 Å². The number of nitrogens with zero attached hydrogens (tertiary/aromatic N) is 2. The molecule has 0 aliphatic rings. The molecule has 2 rings (SSSR count). The van der Waals surface area contributed by atoms with Gasteiger partial charge in [0.1, 0.15) is 0 Å². The summed E-state index contributed by atoms with van der Waals surface area (Å²) < 4.78 is 6.47. The highest BCUT2D eigenvalue weighted by Gasteiger charge is 2.25. The number of rotatable bonds is 4. The lowest BCUT2D eigenvalue weighted by Gasteiger charge is -2.29. The summed E-state index contributed by atoms with van der Waals surface area (Å²) in [7, 11) is 1.96. The van der Waals surface area contributed by atoms with Gasteiger partial charge in [0.15, 0.2) is 0 Å². The van der Waals surface area contributed by atoms with E-state index >= 15 is 0 Å². The van der Waals surface area contributed by atoms with Crippen molar-refractivity contribution < 1.29 is 4.52 Å². The Hall–Kier alpha value is -1.20. The van der Waals surface area contributed by atoms with Crippen LogP contribution in [0.3, 0.4) is 0 Å². The number of aryl methyl sites for hydroxylation is 1. The second-order valence-electron chi connectivity index (χ2n) is 6.38. The first kappa shape index (κ1) is 16.2. The number of nitrogens with one attached hydrogen (secondary N) is 1. The van der Waals surface area contributed by atoms with Crippen molar-refractivity contribution in [3.8, 4) is 11.4 Å². The van der Waals surface area contributed by atoms with Crippen LogP contribution in [0.5, 0.6) is 0 Å². The van der Waals surface area contributed by atoms with Crippen LogP contribution in [0.25, 0.3) is 11.4 Å². The maximum atomic E-state index is 5.42. The second-order valence-corrected chi connectivity index (χ2v) is 7.30. The molecule has 114 valence electrons. The molecule has 0 saturated heterocycles. The van der Waals surface area contributed by atoms with E-state index in [4.69, 9.17) is 4.52 Å². The van der Waals surface area contributed by atoms with E-state index in [1.54, 1.807) is 0 Å². The summed E-state index contributed by atoms with van der Waals surface area (Å²) in [4.78, 5) is 4.54. The van der Waals surface area contributed by atoms with Crippen molar-refractivity contribution in [2.75, 3.05) is 7.05 Å². The Bertz CT molecular complexity index is 616. The van der Waals surface area contributed by atoms with Gasteiger partial charge in [-0.05, 0) is 43.1 Å². The maximum Gasteiger partial charge on any atom is 0.228 e. The molecule has 1 heterocycles. The Kier molecular flexibility index (Phi) is 4.84. The third-order valence-corrected chi connectivity index (χ3v) is 4.16. The first-order valence-corrected chi connectivity index (χ1v) is 7.87. The molecular weight excluding hydrogens is 330 g/mol. The number of hydrogen-bond acceptors (Lipinski definition) is 4. The van der Waals surface area contributed by atoms with Crippen molar-refractivity contribution in [1.29, 1.82) is 0 Å². The molecule has 1 aromatic heterocycles. The number of hydrogen-bond donors (Lipinski definition) is 1. The van der Waals surface area contributed by atoms with Crippen molar-refractivity contribution in [3.05, 3.63) is 34.1 Å². The minimum Gasteiger partial charge on any atom is -0.339 e. The zero-order valence-electron chi connectivity index (χ0n) is 13.2. The van der Waals surface area contributed by atoms with E-state index in [2.05, 4.69) is 58.2 Å². The average Bonchev–Trinajstić information content (AvgIpc) is 2.82. The summed E-state index contributed by atoms with van der Waals surface area (Å²) in [5.74, 6) is 1.32. The lowest BCUT2D eigenvalue weighted by Crippen LogP contribution is -2.39. The van der Waals surface area contributed by atoms with E-state index in [0.29, 0.717) is 11.7 Å². The summed E-state index contributed by atoms with van der Waals surface area (Å²) in [6, 6.07) is 6.34. The molecule has 0 aliphatic heterocycles. The van der Waals surface area contributed by atoms with Crippen LogP contribution < -0.4 is 5.32 Å². The van der Waals surface area contributed by atoms with E-state index in [1.165, 1.54) is 0 Å². The molecule has 1 unspecified atom stereocenters.